The molecule has 0 amide bonds. The van der Waals surface area contributed by atoms with Gasteiger partial charge in [0.2, 0.25) is 5.78 Å². The van der Waals surface area contributed by atoms with Gasteiger partial charge in [0.1, 0.15) is 11.4 Å². The van der Waals surface area contributed by atoms with Gasteiger partial charge in [0, 0.05) is 11.1 Å². The molecule has 0 aliphatic heterocycles. The molecule has 6 heteroatoms. The minimum absolute atomic E-state index is 0.112. The molecule has 0 unspecified atom stereocenters. The molecule has 114 valence electrons. The third-order valence-corrected chi connectivity index (χ3v) is 3.27. The number of carbonyl (C=O) groups excluding carboxylic acids is 1. The van der Waals surface area contributed by atoms with E-state index in [-0.39, 0.29) is 28.5 Å². The van der Waals surface area contributed by atoms with E-state index in [1.807, 2.05) is 0 Å². The number of rotatable bonds is 3. The summed E-state index contributed by atoms with van der Waals surface area (Å²) in [7, 11) is 0. The van der Waals surface area contributed by atoms with Crippen molar-refractivity contribution in [2.75, 3.05) is 0 Å². The van der Waals surface area contributed by atoms with Crippen LogP contribution in [-0.4, -0.2) is 31.1 Å². The average molecular weight is 308 g/mol. The molecule has 3 N–H and O–H groups in total. The molecule has 0 aliphatic rings. The Morgan fingerprint density at radius 2 is 1.61 bits per heavy atom. The van der Waals surface area contributed by atoms with Crippen LogP contribution >= 0.6 is 0 Å². The summed E-state index contributed by atoms with van der Waals surface area (Å²) in [4.78, 5) is 20.7. The van der Waals surface area contributed by atoms with Crippen LogP contribution in [0, 0.1) is 0 Å². The molecule has 3 aromatic rings. The Morgan fingerprint density at radius 1 is 0.870 bits per heavy atom. The Kier molecular flexibility index (Phi) is 3.64. The zero-order valence-electron chi connectivity index (χ0n) is 11.8. The fourth-order valence-corrected chi connectivity index (χ4v) is 2.06. The zero-order valence-corrected chi connectivity index (χ0v) is 11.8. The Bertz CT molecular complexity index is 876. The minimum Gasteiger partial charge on any atom is -0.508 e. The second kappa shape index (κ2) is 5.76. The van der Waals surface area contributed by atoms with Gasteiger partial charge in [-0.2, -0.15) is 0 Å². The van der Waals surface area contributed by atoms with Crippen LogP contribution < -0.4 is 0 Å². The molecule has 2 aromatic carbocycles. The van der Waals surface area contributed by atoms with Crippen LogP contribution in [0.3, 0.4) is 0 Å². The molecule has 0 saturated heterocycles. The number of aromatic nitrogens is 2. The Balaban J connectivity index is 1.97. The maximum absolute atomic E-state index is 12.4. The van der Waals surface area contributed by atoms with E-state index in [9.17, 15) is 20.1 Å². The molecule has 0 saturated carbocycles. The molecule has 0 bridgehead atoms. The smallest absolute Gasteiger partial charge is 0.213 e. The van der Waals surface area contributed by atoms with Crippen molar-refractivity contribution in [1.29, 1.82) is 0 Å². The summed E-state index contributed by atoms with van der Waals surface area (Å²) in [6.45, 7) is 0. The number of hydrogen-bond donors (Lipinski definition) is 3. The second-order valence-electron chi connectivity index (χ2n) is 4.87. The van der Waals surface area contributed by atoms with E-state index >= 15 is 0 Å². The first-order valence-electron chi connectivity index (χ1n) is 6.73. The van der Waals surface area contributed by atoms with Crippen molar-refractivity contribution in [2.45, 2.75) is 0 Å². The molecule has 1 heterocycles. The van der Waals surface area contributed by atoms with Crippen molar-refractivity contribution < 1.29 is 20.1 Å². The molecule has 0 radical (unpaired) electrons. The van der Waals surface area contributed by atoms with Crippen molar-refractivity contribution >= 4 is 5.78 Å². The second-order valence-corrected chi connectivity index (χ2v) is 4.87. The number of ketones is 1. The number of benzene rings is 2. The van der Waals surface area contributed by atoms with Crippen LogP contribution in [0.25, 0.3) is 11.3 Å². The minimum atomic E-state index is -0.423. The molecular weight excluding hydrogens is 296 g/mol. The molecule has 0 spiro atoms. The largest absolute Gasteiger partial charge is 0.508 e. The van der Waals surface area contributed by atoms with Crippen molar-refractivity contribution in [1.82, 2.24) is 9.97 Å². The zero-order chi connectivity index (χ0) is 16.4. The number of phenols is 3. The fourth-order valence-electron chi connectivity index (χ4n) is 2.06. The van der Waals surface area contributed by atoms with Crippen LogP contribution in [0.2, 0.25) is 0 Å². The van der Waals surface area contributed by atoms with Crippen molar-refractivity contribution in [3.05, 3.63) is 66.1 Å². The summed E-state index contributed by atoms with van der Waals surface area (Å²) in [5, 5.41) is 28.1. The number of hydrogen-bond acceptors (Lipinski definition) is 6. The average Bonchev–Trinajstić information content (AvgIpc) is 2.57. The van der Waals surface area contributed by atoms with Gasteiger partial charge in [-0.1, -0.05) is 0 Å². The lowest BCUT2D eigenvalue weighted by Crippen LogP contribution is -2.05. The predicted molar refractivity (Wildman–Crippen MR) is 82.3 cm³/mol. The first kappa shape index (κ1) is 14.5. The van der Waals surface area contributed by atoms with Gasteiger partial charge in [-0.3, -0.25) is 9.78 Å². The number of nitrogens with zero attached hydrogens (tertiary/aromatic N) is 2. The van der Waals surface area contributed by atoms with Gasteiger partial charge in [0.25, 0.3) is 0 Å². The lowest BCUT2D eigenvalue weighted by molar-refractivity contribution is 0.103. The van der Waals surface area contributed by atoms with Crippen LogP contribution in [0.1, 0.15) is 16.1 Å². The summed E-state index contributed by atoms with van der Waals surface area (Å²) in [6.07, 6.45) is 2.84. The lowest BCUT2D eigenvalue weighted by atomic mass is 10.1. The molecule has 0 fully saturated rings. The standard InChI is InChI=1S/C17H12N2O4/c20-12-4-1-10(2-5-12)13-8-18-9-14(19-13)17(23)11-3-6-15(21)16(22)7-11/h1-9,20-22H. The summed E-state index contributed by atoms with van der Waals surface area (Å²) in [6, 6.07) is 10.2. The third kappa shape index (κ3) is 2.96. The monoisotopic (exact) mass is 308 g/mol. The van der Waals surface area contributed by atoms with E-state index < -0.39 is 5.78 Å². The number of carbonyl (C=O) groups is 1. The SMILES string of the molecule is O=C(c1ccc(O)c(O)c1)c1cncc(-c2ccc(O)cc2)n1. The normalized spacial score (nSPS) is 10.4. The van der Waals surface area contributed by atoms with Crippen LogP contribution in [-0.2, 0) is 0 Å². The van der Waals surface area contributed by atoms with E-state index in [0.717, 1.165) is 0 Å². The van der Waals surface area contributed by atoms with E-state index in [2.05, 4.69) is 9.97 Å². The molecule has 1 aromatic heterocycles. The first-order valence-corrected chi connectivity index (χ1v) is 6.73. The van der Waals surface area contributed by atoms with Crippen LogP contribution in [0.4, 0.5) is 0 Å². The van der Waals surface area contributed by atoms with Gasteiger partial charge in [-0.25, -0.2) is 4.98 Å². The topological polar surface area (TPSA) is 104 Å². The molecule has 3 rings (SSSR count). The summed E-state index contributed by atoms with van der Waals surface area (Å²) < 4.78 is 0. The van der Waals surface area contributed by atoms with Crippen molar-refractivity contribution in [2.24, 2.45) is 0 Å². The van der Waals surface area contributed by atoms with E-state index in [1.165, 1.54) is 42.7 Å². The summed E-state index contributed by atoms with van der Waals surface area (Å²) >= 11 is 0. The van der Waals surface area contributed by atoms with E-state index in [1.54, 1.807) is 12.1 Å². The maximum Gasteiger partial charge on any atom is 0.213 e. The number of aromatic hydroxyl groups is 3. The molecule has 23 heavy (non-hydrogen) atoms. The quantitative estimate of drug-likeness (QED) is 0.507. The molecular formula is C17H12N2O4. The Hall–Kier alpha value is -3.41. The van der Waals surface area contributed by atoms with Gasteiger partial charge >= 0.3 is 0 Å². The highest BCUT2D eigenvalue weighted by Gasteiger charge is 2.14. The van der Waals surface area contributed by atoms with Crippen molar-refractivity contribution in [3.63, 3.8) is 0 Å². The highest BCUT2D eigenvalue weighted by molar-refractivity contribution is 6.08. The highest BCUT2D eigenvalue weighted by Crippen LogP contribution is 2.26. The Morgan fingerprint density at radius 3 is 2.30 bits per heavy atom. The fraction of sp³-hybridized carbons (Fsp3) is 0. The van der Waals surface area contributed by atoms with Gasteiger partial charge < -0.3 is 15.3 Å². The summed E-state index contributed by atoms with van der Waals surface area (Å²) in [5.41, 5.74) is 1.50. The lowest BCUT2D eigenvalue weighted by Gasteiger charge is -2.05. The maximum atomic E-state index is 12.4. The van der Waals surface area contributed by atoms with Crippen LogP contribution in [0.15, 0.2) is 54.9 Å². The van der Waals surface area contributed by atoms with E-state index in [4.69, 9.17) is 0 Å². The van der Waals surface area contributed by atoms with Crippen LogP contribution in [0.5, 0.6) is 17.2 Å². The molecule has 6 nitrogen and oxygen atoms in total. The van der Waals surface area contributed by atoms with Gasteiger partial charge in [-0.05, 0) is 42.5 Å². The Labute approximate surface area is 131 Å². The summed E-state index contributed by atoms with van der Waals surface area (Å²) in [5.74, 6) is -0.967. The van der Waals surface area contributed by atoms with E-state index in [0.29, 0.717) is 11.3 Å². The van der Waals surface area contributed by atoms with Gasteiger partial charge in [-0.15, -0.1) is 0 Å². The first-order chi connectivity index (χ1) is 11.0. The highest BCUT2D eigenvalue weighted by atomic mass is 16.3. The third-order valence-electron chi connectivity index (χ3n) is 3.27. The number of phenolic OH excluding ortho intramolecular Hbond substituents is 3. The molecule has 0 aliphatic carbocycles. The van der Waals surface area contributed by atoms with Gasteiger partial charge in [0.05, 0.1) is 18.1 Å². The molecule has 0 atom stereocenters. The van der Waals surface area contributed by atoms with Gasteiger partial charge in [0.15, 0.2) is 11.5 Å². The van der Waals surface area contributed by atoms with Crippen molar-refractivity contribution in [3.8, 4) is 28.5 Å². The predicted octanol–water partition coefficient (Wildman–Crippen LogP) is 2.49.